The van der Waals surface area contributed by atoms with Crippen molar-refractivity contribution in [3.8, 4) is 0 Å². The molecule has 0 rings (SSSR count). The Balaban J connectivity index is 3.02. The quantitative estimate of drug-likeness (QED) is 0.359. The third kappa shape index (κ3) is 316. The fourth-order valence-corrected chi connectivity index (χ4v) is 0. The van der Waals surface area contributed by atoms with Crippen LogP contribution in [0.3, 0.4) is 0 Å². The second-order valence-electron chi connectivity index (χ2n) is 0.429. The minimum atomic E-state index is -7.00. The monoisotopic (exact) mass is 150 g/mol. The van der Waals surface area contributed by atoms with Crippen LogP contribution in [0.1, 0.15) is 0 Å². The Hall–Kier alpha value is 0.263. The maximum atomic E-state index is 9.88. The molecular formula is F4Ge. The van der Waals surface area contributed by atoms with Gasteiger partial charge in [0.05, 0.1) is 0 Å². The van der Waals surface area contributed by atoms with Crippen LogP contribution in [0.5, 0.6) is 0 Å². The first-order chi connectivity index (χ1) is 2.00. The Bertz CT molecular complexity index is 19.1. The number of hydrogen-bond donors (Lipinski definition) is 0. The Labute approximate surface area is 30.1 Å². The molecule has 0 radical (unpaired) electrons. The van der Waals surface area contributed by atoms with E-state index in [1.807, 2.05) is 0 Å². The third-order valence-corrected chi connectivity index (χ3v) is 0. The second kappa shape index (κ2) is 1.16. The normalized spacial score (nSPS) is 12.0. The Morgan fingerprint density at radius 1 is 0.800 bits per heavy atom. The predicted molar refractivity (Wildman–Crippen MR) is 10.2 cm³/mol. The van der Waals surface area contributed by atoms with Gasteiger partial charge in [-0.15, -0.1) is 0 Å². The van der Waals surface area contributed by atoms with Crippen molar-refractivity contribution < 1.29 is 14.0 Å². The molecule has 0 spiro atoms. The van der Waals surface area contributed by atoms with E-state index in [-0.39, 0.29) is 0 Å². The molecule has 0 fully saturated rings. The maximum absolute atomic E-state index is 9.88. The van der Waals surface area contributed by atoms with Crippen LogP contribution in [0.2, 0.25) is 0 Å². The molecule has 0 amide bonds. The molecular weight excluding hydrogens is 149 g/mol. The molecule has 0 aliphatic rings. The molecule has 0 nitrogen and oxygen atoms in total. The van der Waals surface area contributed by atoms with Gasteiger partial charge in [-0.3, -0.25) is 0 Å². The summed E-state index contributed by atoms with van der Waals surface area (Å²) < 4.78 is 39.5. The first-order valence-corrected chi connectivity index (χ1v) is 3.93. The summed E-state index contributed by atoms with van der Waals surface area (Å²) in [7, 11) is 0. The number of halogens is 4. The van der Waals surface area contributed by atoms with Gasteiger partial charge in [-0.25, -0.2) is 0 Å². The van der Waals surface area contributed by atoms with Crippen LogP contribution in [0, 0.1) is 0 Å². The van der Waals surface area contributed by atoms with Crippen LogP contribution in [0.4, 0.5) is 14.0 Å². The van der Waals surface area contributed by atoms with Crippen molar-refractivity contribution in [3.05, 3.63) is 0 Å². The van der Waals surface area contributed by atoms with Gasteiger partial charge >= 0.3 is 29.1 Å². The van der Waals surface area contributed by atoms with Gasteiger partial charge in [0.15, 0.2) is 0 Å². The van der Waals surface area contributed by atoms with E-state index in [0.29, 0.717) is 0 Å². The van der Waals surface area contributed by atoms with Crippen molar-refractivity contribution >= 4 is 15.1 Å². The fraction of sp³-hybridized carbons (Fsp3) is 0. The van der Waals surface area contributed by atoms with Gasteiger partial charge in [-0.05, 0) is 0 Å². The van der Waals surface area contributed by atoms with Gasteiger partial charge in [0.25, 0.3) is 0 Å². The van der Waals surface area contributed by atoms with Crippen LogP contribution >= 0.6 is 0 Å². The Kier molecular flexibility index (Phi) is 1.22. The first-order valence-electron chi connectivity index (χ1n) is 0.756. The average molecular weight is 149 g/mol. The molecule has 5 heavy (non-hydrogen) atoms. The molecule has 0 bridgehead atoms. The van der Waals surface area contributed by atoms with Crippen LogP contribution in [-0.2, 0) is 0 Å². The molecule has 0 aromatic rings. The topological polar surface area (TPSA) is 0 Å². The van der Waals surface area contributed by atoms with Gasteiger partial charge in [0.2, 0.25) is 0 Å². The summed E-state index contributed by atoms with van der Waals surface area (Å²) in [6.45, 7) is 0. The second-order valence-corrected chi connectivity index (χ2v) is 2.23. The van der Waals surface area contributed by atoms with Crippen LogP contribution in [-0.4, -0.2) is 15.1 Å². The van der Waals surface area contributed by atoms with Crippen LogP contribution < -0.4 is 0 Å². The summed E-state index contributed by atoms with van der Waals surface area (Å²) in [5.74, 6) is 0. The third-order valence-electron chi connectivity index (χ3n) is 0. The van der Waals surface area contributed by atoms with Gasteiger partial charge in [-0.1, -0.05) is 0 Å². The molecule has 0 aliphatic carbocycles. The van der Waals surface area contributed by atoms with Crippen molar-refractivity contribution in [3.63, 3.8) is 0 Å². The van der Waals surface area contributed by atoms with E-state index in [1.165, 1.54) is 0 Å². The summed E-state index contributed by atoms with van der Waals surface area (Å²) >= 11 is -7.00. The van der Waals surface area contributed by atoms with Gasteiger partial charge in [0.1, 0.15) is 0 Å². The van der Waals surface area contributed by atoms with Crippen LogP contribution in [0.15, 0.2) is 0 Å². The molecule has 0 saturated heterocycles. The van der Waals surface area contributed by atoms with E-state index >= 15 is 0 Å². The molecule has 0 aliphatic heterocycles. The molecule has 0 atom stereocenters. The predicted octanol–water partition coefficient (Wildman–Crippen LogP) is 1.30. The fourth-order valence-electron chi connectivity index (χ4n) is 0. The summed E-state index contributed by atoms with van der Waals surface area (Å²) in [5.41, 5.74) is 0. The molecule has 0 unspecified atom stereocenters. The van der Waals surface area contributed by atoms with E-state index in [1.54, 1.807) is 0 Å². The van der Waals surface area contributed by atoms with Gasteiger partial charge in [-0.2, -0.15) is 0 Å². The summed E-state index contributed by atoms with van der Waals surface area (Å²) in [6.07, 6.45) is 0. The van der Waals surface area contributed by atoms with Crippen LogP contribution in [0.25, 0.3) is 0 Å². The minimum absolute atomic E-state index is 7.00. The molecule has 0 heterocycles. The van der Waals surface area contributed by atoms with Crippen molar-refractivity contribution in [1.82, 2.24) is 0 Å². The molecule has 0 aromatic heterocycles. The molecule has 0 saturated carbocycles. The van der Waals surface area contributed by atoms with Crippen molar-refractivity contribution in [2.75, 3.05) is 0 Å². The zero-order valence-electron chi connectivity index (χ0n) is 2.01. The van der Waals surface area contributed by atoms with Gasteiger partial charge in [0, 0.05) is 0 Å². The molecule has 32 valence electrons. The van der Waals surface area contributed by atoms with E-state index in [0.717, 1.165) is 0 Å². The zero-order valence-corrected chi connectivity index (χ0v) is 4.11. The molecule has 0 N–H and O–H groups in total. The van der Waals surface area contributed by atoms with Crippen molar-refractivity contribution in [2.24, 2.45) is 0 Å². The van der Waals surface area contributed by atoms with E-state index in [4.69, 9.17) is 0 Å². The van der Waals surface area contributed by atoms with Gasteiger partial charge < -0.3 is 0 Å². The number of hydrogen-bond acceptors (Lipinski definition) is 0. The van der Waals surface area contributed by atoms with E-state index in [2.05, 4.69) is 0 Å². The van der Waals surface area contributed by atoms with Crippen molar-refractivity contribution in [1.29, 1.82) is 0 Å². The molecule has 0 aromatic carbocycles. The number of rotatable bonds is 0. The Morgan fingerprint density at radius 3 is 0.800 bits per heavy atom. The zero-order chi connectivity index (χ0) is 4.50. The standard InChI is InChI=1S/F4Ge/c1-5(2,3)4. The summed E-state index contributed by atoms with van der Waals surface area (Å²) in [6, 6.07) is 0. The SMILES string of the molecule is [F][Ge]([F])([F])[F]. The van der Waals surface area contributed by atoms with E-state index in [9.17, 15) is 14.0 Å². The summed E-state index contributed by atoms with van der Waals surface area (Å²) in [4.78, 5) is 0. The summed E-state index contributed by atoms with van der Waals surface area (Å²) in [5, 5.41) is 0. The first kappa shape index (κ1) is 5.26. The average Bonchev–Trinajstić information content (AvgIpc) is 0.722. The Morgan fingerprint density at radius 2 is 0.800 bits per heavy atom. The van der Waals surface area contributed by atoms with Crippen molar-refractivity contribution in [2.45, 2.75) is 0 Å². The van der Waals surface area contributed by atoms with E-state index < -0.39 is 15.1 Å². The molecule has 5 heteroatoms.